The minimum absolute atomic E-state index is 0.0176. The van der Waals surface area contributed by atoms with E-state index in [0.29, 0.717) is 35.1 Å². The molecular formula is C20H17ClFN3O2. The van der Waals surface area contributed by atoms with Crippen LogP contribution in [-0.4, -0.2) is 17.5 Å². The molecule has 2 aromatic carbocycles. The quantitative estimate of drug-likeness (QED) is 0.606. The summed E-state index contributed by atoms with van der Waals surface area (Å²) in [6.45, 7) is 2.38. The number of nitrogens with one attached hydrogen (secondary N) is 2. The van der Waals surface area contributed by atoms with Gasteiger partial charge in [0, 0.05) is 11.9 Å². The maximum Gasteiger partial charge on any atom is 0.257 e. The van der Waals surface area contributed by atoms with Crippen molar-refractivity contribution in [1.29, 1.82) is 0 Å². The fraction of sp³-hybridized carbons (Fsp3) is 0.100. The summed E-state index contributed by atoms with van der Waals surface area (Å²) in [6, 6.07) is 14.8. The van der Waals surface area contributed by atoms with Gasteiger partial charge in [-0.1, -0.05) is 23.7 Å². The van der Waals surface area contributed by atoms with E-state index in [1.54, 1.807) is 30.3 Å². The van der Waals surface area contributed by atoms with Crippen molar-refractivity contribution in [3.8, 4) is 5.75 Å². The molecule has 3 rings (SSSR count). The molecule has 0 fully saturated rings. The summed E-state index contributed by atoms with van der Waals surface area (Å²) >= 11 is 5.76. The summed E-state index contributed by atoms with van der Waals surface area (Å²) in [7, 11) is 0. The van der Waals surface area contributed by atoms with Gasteiger partial charge in [0.2, 0.25) is 0 Å². The topological polar surface area (TPSA) is 63.2 Å². The molecule has 0 atom stereocenters. The van der Waals surface area contributed by atoms with E-state index >= 15 is 0 Å². The molecule has 7 heteroatoms. The fourth-order valence-corrected chi connectivity index (χ4v) is 2.55. The Labute approximate surface area is 161 Å². The number of hydrogen-bond acceptors (Lipinski definition) is 4. The van der Waals surface area contributed by atoms with E-state index in [1.165, 1.54) is 18.3 Å². The van der Waals surface area contributed by atoms with Crippen molar-refractivity contribution in [1.82, 2.24) is 4.98 Å². The number of halogens is 2. The molecular weight excluding hydrogens is 369 g/mol. The summed E-state index contributed by atoms with van der Waals surface area (Å²) in [4.78, 5) is 16.6. The van der Waals surface area contributed by atoms with Gasteiger partial charge in [0.25, 0.3) is 5.91 Å². The number of para-hydroxylation sites is 2. The summed E-state index contributed by atoms with van der Waals surface area (Å²) in [6.07, 6.45) is 1.45. The number of ether oxygens (including phenoxy) is 1. The smallest absolute Gasteiger partial charge is 0.257 e. The third kappa shape index (κ3) is 4.74. The van der Waals surface area contributed by atoms with Gasteiger partial charge in [0.15, 0.2) is 0 Å². The summed E-state index contributed by atoms with van der Waals surface area (Å²) in [5.41, 5.74) is 1.58. The summed E-state index contributed by atoms with van der Waals surface area (Å²) < 4.78 is 18.7. The molecule has 0 saturated carbocycles. The average molecular weight is 386 g/mol. The molecule has 5 nitrogen and oxygen atoms in total. The van der Waals surface area contributed by atoms with Crippen LogP contribution >= 0.6 is 11.6 Å². The van der Waals surface area contributed by atoms with E-state index in [0.717, 1.165) is 0 Å². The Bertz CT molecular complexity index is 948. The van der Waals surface area contributed by atoms with E-state index in [1.807, 2.05) is 19.1 Å². The second-order valence-electron chi connectivity index (χ2n) is 5.57. The highest BCUT2D eigenvalue weighted by Gasteiger charge is 2.10. The molecule has 1 aromatic heterocycles. The molecule has 0 unspecified atom stereocenters. The SMILES string of the molecule is CCOc1ccccc1NC(=O)c1ccc(Nc2ccc(F)c(Cl)c2)nc1. The van der Waals surface area contributed by atoms with Crippen molar-refractivity contribution in [3.63, 3.8) is 0 Å². The highest BCUT2D eigenvalue weighted by atomic mass is 35.5. The Hall–Kier alpha value is -3.12. The van der Waals surface area contributed by atoms with Crippen LogP contribution in [0.2, 0.25) is 5.02 Å². The Morgan fingerprint density at radius 2 is 2.00 bits per heavy atom. The van der Waals surface area contributed by atoms with Crippen LogP contribution in [0.25, 0.3) is 0 Å². The van der Waals surface area contributed by atoms with Gasteiger partial charge in [-0.25, -0.2) is 9.37 Å². The molecule has 0 radical (unpaired) electrons. The molecule has 3 aromatic rings. The minimum Gasteiger partial charge on any atom is -0.492 e. The zero-order chi connectivity index (χ0) is 19.2. The highest BCUT2D eigenvalue weighted by molar-refractivity contribution is 6.31. The number of pyridine rings is 1. The fourth-order valence-electron chi connectivity index (χ4n) is 2.37. The molecule has 2 N–H and O–H groups in total. The normalized spacial score (nSPS) is 10.3. The van der Waals surface area contributed by atoms with Gasteiger partial charge in [-0.05, 0) is 49.4 Å². The van der Waals surface area contributed by atoms with Crippen LogP contribution < -0.4 is 15.4 Å². The molecule has 27 heavy (non-hydrogen) atoms. The Kier molecular flexibility index (Phi) is 5.88. The second kappa shape index (κ2) is 8.51. The molecule has 0 bridgehead atoms. The molecule has 0 aliphatic carbocycles. The van der Waals surface area contributed by atoms with Crippen LogP contribution in [0.4, 0.5) is 21.6 Å². The van der Waals surface area contributed by atoms with Gasteiger partial charge in [-0.2, -0.15) is 0 Å². The second-order valence-corrected chi connectivity index (χ2v) is 5.98. The van der Waals surface area contributed by atoms with Crippen LogP contribution in [0, 0.1) is 5.82 Å². The predicted molar refractivity (Wildman–Crippen MR) is 104 cm³/mol. The maximum atomic E-state index is 13.2. The number of carbonyl (C=O) groups is 1. The zero-order valence-electron chi connectivity index (χ0n) is 14.5. The third-order valence-corrected chi connectivity index (χ3v) is 3.94. The predicted octanol–water partition coefficient (Wildman–Crippen LogP) is 5.27. The third-order valence-electron chi connectivity index (χ3n) is 3.65. The minimum atomic E-state index is -0.491. The van der Waals surface area contributed by atoms with Crippen molar-refractivity contribution >= 4 is 34.7 Å². The first kappa shape index (κ1) is 18.7. The molecule has 1 amide bonds. The summed E-state index contributed by atoms with van der Waals surface area (Å²) in [5, 5.41) is 5.83. The van der Waals surface area contributed by atoms with Crippen molar-refractivity contribution in [2.24, 2.45) is 0 Å². The van der Waals surface area contributed by atoms with E-state index in [9.17, 15) is 9.18 Å². The number of anilines is 3. The maximum absolute atomic E-state index is 13.2. The van der Waals surface area contributed by atoms with Crippen LogP contribution in [-0.2, 0) is 0 Å². The highest BCUT2D eigenvalue weighted by Crippen LogP contribution is 2.25. The van der Waals surface area contributed by atoms with Gasteiger partial charge in [-0.3, -0.25) is 4.79 Å². The molecule has 0 saturated heterocycles. The van der Waals surface area contributed by atoms with Crippen LogP contribution in [0.1, 0.15) is 17.3 Å². The van der Waals surface area contributed by atoms with Crippen molar-refractivity contribution < 1.29 is 13.9 Å². The molecule has 0 aliphatic heterocycles. The Balaban J connectivity index is 1.69. The Morgan fingerprint density at radius 3 is 2.70 bits per heavy atom. The van der Waals surface area contributed by atoms with Gasteiger partial charge < -0.3 is 15.4 Å². The number of rotatable bonds is 6. The van der Waals surface area contributed by atoms with Crippen LogP contribution in [0.15, 0.2) is 60.8 Å². The molecule has 0 spiro atoms. The number of hydrogen-bond donors (Lipinski definition) is 2. The summed E-state index contributed by atoms with van der Waals surface area (Å²) in [5.74, 6) is 0.317. The Morgan fingerprint density at radius 1 is 1.19 bits per heavy atom. The van der Waals surface area contributed by atoms with Crippen LogP contribution in [0.3, 0.4) is 0 Å². The van der Waals surface area contributed by atoms with Crippen molar-refractivity contribution in [3.05, 3.63) is 77.2 Å². The first-order chi connectivity index (χ1) is 13.1. The van der Waals surface area contributed by atoms with E-state index in [-0.39, 0.29) is 10.9 Å². The molecule has 1 heterocycles. The molecule has 0 aliphatic rings. The van der Waals surface area contributed by atoms with E-state index < -0.39 is 5.82 Å². The first-order valence-electron chi connectivity index (χ1n) is 8.28. The zero-order valence-corrected chi connectivity index (χ0v) is 15.3. The lowest BCUT2D eigenvalue weighted by atomic mass is 10.2. The standard InChI is InChI=1S/C20H17ClFN3O2/c1-2-27-18-6-4-3-5-17(18)25-20(26)13-7-10-19(23-12-13)24-14-8-9-16(22)15(21)11-14/h3-12H,2H2,1H3,(H,23,24)(H,25,26). The van der Waals surface area contributed by atoms with Gasteiger partial charge in [-0.15, -0.1) is 0 Å². The number of nitrogens with zero attached hydrogens (tertiary/aromatic N) is 1. The largest absolute Gasteiger partial charge is 0.492 e. The number of benzene rings is 2. The monoisotopic (exact) mass is 385 g/mol. The number of carbonyl (C=O) groups excluding carboxylic acids is 1. The lowest BCUT2D eigenvalue weighted by molar-refractivity contribution is 0.102. The van der Waals surface area contributed by atoms with Crippen molar-refractivity contribution in [2.75, 3.05) is 17.2 Å². The molecule has 138 valence electrons. The average Bonchev–Trinajstić information content (AvgIpc) is 2.67. The van der Waals surface area contributed by atoms with Gasteiger partial charge in [0.05, 0.1) is 22.9 Å². The van der Waals surface area contributed by atoms with Crippen LogP contribution in [0.5, 0.6) is 5.75 Å². The lowest BCUT2D eigenvalue weighted by Crippen LogP contribution is -2.13. The van der Waals surface area contributed by atoms with E-state index in [2.05, 4.69) is 15.6 Å². The van der Waals surface area contributed by atoms with Crippen molar-refractivity contribution in [2.45, 2.75) is 6.92 Å². The van der Waals surface area contributed by atoms with E-state index in [4.69, 9.17) is 16.3 Å². The first-order valence-corrected chi connectivity index (χ1v) is 8.66. The number of aromatic nitrogens is 1. The lowest BCUT2D eigenvalue weighted by Gasteiger charge is -2.11. The number of amides is 1. The van der Waals surface area contributed by atoms with Gasteiger partial charge >= 0.3 is 0 Å². The van der Waals surface area contributed by atoms with Gasteiger partial charge in [0.1, 0.15) is 17.4 Å².